The number of likely N-dealkylation sites (N-methyl/N-ethyl adjacent to an activating group) is 1. The Hall–Kier alpha value is -1.19. The molecule has 1 aliphatic heterocycles. The first-order chi connectivity index (χ1) is 8.74. The molecule has 0 aliphatic carbocycles. The van der Waals surface area contributed by atoms with Crippen LogP contribution in [0.5, 0.6) is 0 Å². The Morgan fingerprint density at radius 2 is 2.17 bits per heavy atom. The van der Waals surface area contributed by atoms with Crippen molar-refractivity contribution >= 4 is 0 Å². The fourth-order valence-electron chi connectivity index (χ4n) is 2.22. The number of halogens is 1. The molecule has 3 heteroatoms. The molecule has 1 unspecified atom stereocenters. The Bertz CT molecular complexity index is 389. The quantitative estimate of drug-likeness (QED) is 0.651. The van der Waals surface area contributed by atoms with E-state index >= 15 is 0 Å². The van der Waals surface area contributed by atoms with Gasteiger partial charge in [0, 0.05) is 26.1 Å². The highest BCUT2D eigenvalue weighted by Gasteiger charge is 2.14. The van der Waals surface area contributed by atoms with Gasteiger partial charge in [-0.25, -0.2) is 4.39 Å². The molecule has 1 heterocycles. The predicted molar refractivity (Wildman–Crippen MR) is 73.0 cm³/mol. The number of hydrogen-bond donors (Lipinski definition) is 1. The van der Waals surface area contributed by atoms with E-state index in [0.29, 0.717) is 6.42 Å². The lowest BCUT2D eigenvalue weighted by Crippen LogP contribution is -2.31. The number of alkyl halides is 1. The van der Waals surface area contributed by atoms with Gasteiger partial charge in [0.05, 0.1) is 0 Å². The zero-order valence-corrected chi connectivity index (χ0v) is 10.9. The zero-order chi connectivity index (χ0) is 12.8. The molecule has 0 radical (unpaired) electrons. The van der Waals surface area contributed by atoms with Crippen LogP contribution in [0.2, 0.25) is 0 Å². The number of rotatable bonds is 4. The molecule has 0 aromatic heterocycles. The first-order valence-electron chi connectivity index (χ1n) is 6.52. The lowest BCUT2D eigenvalue weighted by atomic mass is 10.0. The highest BCUT2D eigenvalue weighted by atomic mass is 19.1. The SMILES string of the molecule is CN(C/C=C1/CCNC(F)C1)Cc1ccccc1. The number of nitrogens with one attached hydrogen (secondary N) is 1. The number of hydrogen-bond acceptors (Lipinski definition) is 2. The fourth-order valence-corrected chi connectivity index (χ4v) is 2.22. The molecule has 1 N–H and O–H groups in total. The van der Waals surface area contributed by atoms with E-state index in [2.05, 4.69) is 47.6 Å². The molecule has 1 aromatic rings. The highest BCUT2D eigenvalue weighted by molar-refractivity contribution is 5.14. The van der Waals surface area contributed by atoms with E-state index in [-0.39, 0.29) is 0 Å². The first kappa shape index (κ1) is 13.2. The van der Waals surface area contributed by atoms with Gasteiger partial charge in [0.2, 0.25) is 0 Å². The van der Waals surface area contributed by atoms with Crippen molar-refractivity contribution in [3.8, 4) is 0 Å². The fraction of sp³-hybridized carbons (Fsp3) is 0.467. The third-order valence-corrected chi connectivity index (χ3v) is 3.24. The van der Waals surface area contributed by atoms with Crippen molar-refractivity contribution in [1.29, 1.82) is 0 Å². The lowest BCUT2D eigenvalue weighted by Gasteiger charge is -2.21. The molecule has 2 rings (SSSR count). The van der Waals surface area contributed by atoms with Crippen LogP contribution < -0.4 is 5.32 Å². The standard InChI is InChI=1S/C15H21FN2/c1-18(12-14-5-3-2-4-6-14)10-8-13-7-9-17-15(16)11-13/h2-6,8,15,17H,7,9-12H2,1H3/b13-8-. The molecular weight excluding hydrogens is 227 g/mol. The van der Waals surface area contributed by atoms with Crippen LogP contribution in [-0.2, 0) is 6.54 Å². The molecule has 1 aliphatic rings. The van der Waals surface area contributed by atoms with E-state index in [1.54, 1.807) is 0 Å². The van der Waals surface area contributed by atoms with E-state index in [4.69, 9.17) is 0 Å². The van der Waals surface area contributed by atoms with Gasteiger partial charge >= 0.3 is 0 Å². The van der Waals surface area contributed by atoms with Crippen LogP contribution >= 0.6 is 0 Å². The van der Waals surface area contributed by atoms with Crippen molar-refractivity contribution in [2.45, 2.75) is 25.7 Å². The summed E-state index contributed by atoms with van der Waals surface area (Å²) in [5.41, 5.74) is 2.55. The Morgan fingerprint density at radius 1 is 1.39 bits per heavy atom. The van der Waals surface area contributed by atoms with Crippen molar-refractivity contribution in [2.75, 3.05) is 20.1 Å². The van der Waals surface area contributed by atoms with Crippen LogP contribution in [0.15, 0.2) is 42.0 Å². The van der Waals surface area contributed by atoms with Crippen molar-refractivity contribution in [1.82, 2.24) is 10.2 Å². The average Bonchev–Trinajstić information content (AvgIpc) is 2.38. The lowest BCUT2D eigenvalue weighted by molar-refractivity contribution is 0.252. The maximum Gasteiger partial charge on any atom is 0.154 e. The maximum absolute atomic E-state index is 13.1. The Labute approximate surface area is 108 Å². The Kier molecular flexibility index (Phi) is 4.90. The maximum atomic E-state index is 13.1. The van der Waals surface area contributed by atoms with E-state index in [9.17, 15) is 4.39 Å². The zero-order valence-electron chi connectivity index (χ0n) is 10.9. The van der Waals surface area contributed by atoms with Gasteiger partial charge in [-0.2, -0.15) is 0 Å². The summed E-state index contributed by atoms with van der Waals surface area (Å²) < 4.78 is 13.1. The number of piperidine rings is 1. The van der Waals surface area contributed by atoms with Gasteiger partial charge in [-0.15, -0.1) is 0 Å². The highest BCUT2D eigenvalue weighted by Crippen LogP contribution is 2.15. The van der Waals surface area contributed by atoms with E-state index in [1.165, 1.54) is 11.1 Å². The summed E-state index contributed by atoms with van der Waals surface area (Å²) >= 11 is 0. The third-order valence-electron chi connectivity index (χ3n) is 3.24. The van der Waals surface area contributed by atoms with Crippen LogP contribution in [0.1, 0.15) is 18.4 Å². The van der Waals surface area contributed by atoms with E-state index in [1.807, 2.05) is 6.07 Å². The first-order valence-corrected chi connectivity index (χ1v) is 6.52. The topological polar surface area (TPSA) is 15.3 Å². The van der Waals surface area contributed by atoms with Crippen molar-refractivity contribution < 1.29 is 4.39 Å². The second-order valence-corrected chi connectivity index (χ2v) is 4.92. The van der Waals surface area contributed by atoms with Crippen LogP contribution in [0.25, 0.3) is 0 Å². The molecule has 0 bridgehead atoms. The summed E-state index contributed by atoms with van der Waals surface area (Å²) in [6.45, 7) is 2.58. The summed E-state index contributed by atoms with van der Waals surface area (Å²) in [6, 6.07) is 10.4. The molecule has 0 amide bonds. The van der Waals surface area contributed by atoms with Gasteiger partial charge in [-0.3, -0.25) is 10.2 Å². The second kappa shape index (κ2) is 6.66. The third kappa shape index (κ3) is 4.24. The van der Waals surface area contributed by atoms with E-state index in [0.717, 1.165) is 26.1 Å². The Balaban J connectivity index is 1.80. The minimum Gasteiger partial charge on any atom is -0.298 e. The van der Waals surface area contributed by atoms with Gasteiger partial charge in [0.15, 0.2) is 6.30 Å². The smallest absolute Gasteiger partial charge is 0.154 e. The molecule has 0 saturated carbocycles. The molecule has 98 valence electrons. The van der Waals surface area contributed by atoms with E-state index < -0.39 is 6.30 Å². The molecule has 0 spiro atoms. The molecule has 1 saturated heterocycles. The molecule has 2 nitrogen and oxygen atoms in total. The van der Waals surface area contributed by atoms with Crippen LogP contribution in [0.4, 0.5) is 4.39 Å². The van der Waals surface area contributed by atoms with Crippen LogP contribution in [-0.4, -0.2) is 31.3 Å². The van der Waals surface area contributed by atoms with Crippen LogP contribution in [0.3, 0.4) is 0 Å². The second-order valence-electron chi connectivity index (χ2n) is 4.92. The number of nitrogens with zero attached hydrogens (tertiary/aromatic N) is 1. The molecule has 18 heavy (non-hydrogen) atoms. The summed E-state index contributed by atoms with van der Waals surface area (Å²) in [5.74, 6) is 0. The van der Waals surface area contributed by atoms with Crippen LogP contribution in [0, 0.1) is 0 Å². The Morgan fingerprint density at radius 3 is 2.89 bits per heavy atom. The largest absolute Gasteiger partial charge is 0.298 e. The van der Waals surface area contributed by atoms with Crippen molar-refractivity contribution in [2.24, 2.45) is 0 Å². The average molecular weight is 248 g/mol. The molecule has 1 fully saturated rings. The minimum atomic E-state index is -0.857. The van der Waals surface area contributed by atoms with Crippen molar-refractivity contribution in [3.05, 3.63) is 47.5 Å². The molecule has 1 atom stereocenters. The molecular formula is C15H21FN2. The van der Waals surface area contributed by atoms with Gasteiger partial charge in [-0.05, 0) is 19.0 Å². The minimum absolute atomic E-state index is 0.541. The summed E-state index contributed by atoms with van der Waals surface area (Å²) in [5, 5.41) is 2.82. The monoisotopic (exact) mass is 248 g/mol. The van der Waals surface area contributed by atoms with Gasteiger partial charge in [-0.1, -0.05) is 42.0 Å². The molecule has 1 aromatic carbocycles. The van der Waals surface area contributed by atoms with Gasteiger partial charge in [0.25, 0.3) is 0 Å². The summed E-state index contributed by atoms with van der Waals surface area (Å²) in [4.78, 5) is 2.25. The van der Waals surface area contributed by atoms with Gasteiger partial charge < -0.3 is 0 Å². The normalized spacial score (nSPS) is 22.6. The summed E-state index contributed by atoms with van der Waals surface area (Å²) in [7, 11) is 2.10. The number of benzene rings is 1. The van der Waals surface area contributed by atoms with Gasteiger partial charge in [0.1, 0.15) is 0 Å². The van der Waals surface area contributed by atoms with Crippen molar-refractivity contribution in [3.63, 3.8) is 0 Å². The summed E-state index contributed by atoms with van der Waals surface area (Å²) in [6.07, 6.45) is 2.83. The predicted octanol–water partition coefficient (Wildman–Crippen LogP) is 2.72.